The van der Waals surface area contributed by atoms with Crippen molar-refractivity contribution in [1.82, 2.24) is 20.2 Å². The predicted octanol–water partition coefficient (Wildman–Crippen LogP) is 1.98. The number of aliphatic imine (C=N–C) groups is 1. The van der Waals surface area contributed by atoms with Crippen molar-refractivity contribution >= 4 is 17.6 Å². The van der Waals surface area contributed by atoms with Gasteiger partial charge < -0.3 is 15.2 Å². The molecule has 0 spiro atoms. The van der Waals surface area contributed by atoms with E-state index in [0.29, 0.717) is 5.15 Å². The molecule has 0 aliphatic heterocycles. The quantitative estimate of drug-likeness (QED) is 0.504. The number of pyridine rings is 1. The molecule has 6 heteroatoms. The van der Waals surface area contributed by atoms with Crippen LogP contribution in [0.25, 0.3) is 0 Å². The standard InChI is InChI=1S/C15H20ClN5/c1-17-15(20-10-13-6-8-21(2)11-13)18-7-5-12-3-4-14(16)19-9-12/h3-4,6,8-9,11H,5,7,10H2,1-2H3,(H2,17,18,20). The summed E-state index contributed by atoms with van der Waals surface area (Å²) in [5.74, 6) is 0.792. The van der Waals surface area contributed by atoms with Crippen molar-refractivity contribution in [3.8, 4) is 0 Å². The number of rotatable bonds is 5. The molecule has 0 unspecified atom stereocenters. The molecule has 0 amide bonds. The van der Waals surface area contributed by atoms with E-state index in [4.69, 9.17) is 11.6 Å². The second-order valence-corrected chi connectivity index (χ2v) is 5.16. The summed E-state index contributed by atoms with van der Waals surface area (Å²) >= 11 is 5.76. The third kappa shape index (κ3) is 5.11. The monoisotopic (exact) mass is 305 g/mol. The Kier molecular flexibility index (Phi) is 5.63. The van der Waals surface area contributed by atoms with Crippen LogP contribution in [-0.2, 0) is 20.0 Å². The summed E-state index contributed by atoms with van der Waals surface area (Å²) in [6.07, 6.45) is 6.78. The Morgan fingerprint density at radius 3 is 2.76 bits per heavy atom. The number of guanidine groups is 1. The molecular formula is C15H20ClN5. The van der Waals surface area contributed by atoms with E-state index in [1.165, 1.54) is 5.56 Å². The summed E-state index contributed by atoms with van der Waals surface area (Å²) in [7, 11) is 3.78. The van der Waals surface area contributed by atoms with Crippen LogP contribution in [0, 0.1) is 0 Å². The Morgan fingerprint density at radius 2 is 2.14 bits per heavy atom. The lowest BCUT2D eigenvalue weighted by atomic mass is 10.2. The second-order valence-electron chi connectivity index (χ2n) is 4.78. The molecule has 2 rings (SSSR count). The number of nitrogens with one attached hydrogen (secondary N) is 2. The first-order chi connectivity index (χ1) is 10.2. The van der Waals surface area contributed by atoms with Gasteiger partial charge in [-0.25, -0.2) is 4.98 Å². The third-order valence-electron chi connectivity index (χ3n) is 3.07. The molecular weight excluding hydrogens is 286 g/mol. The van der Waals surface area contributed by atoms with Crippen molar-refractivity contribution in [1.29, 1.82) is 0 Å². The normalized spacial score (nSPS) is 11.5. The first-order valence-corrected chi connectivity index (χ1v) is 7.21. The van der Waals surface area contributed by atoms with E-state index < -0.39 is 0 Å². The molecule has 0 bridgehead atoms. The Bertz CT molecular complexity index is 588. The molecule has 2 heterocycles. The molecule has 0 radical (unpaired) electrons. The molecule has 2 aromatic heterocycles. The molecule has 2 aromatic rings. The summed E-state index contributed by atoms with van der Waals surface area (Å²) in [5, 5.41) is 7.08. The van der Waals surface area contributed by atoms with Gasteiger partial charge in [-0.3, -0.25) is 4.99 Å². The molecule has 21 heavy (non-hydrogen) atoms. The summed E-state index contributed by atoms with van der Waals surface area (Å²) in [6.45, 7) is 1.54. The zero-order valence-corrected chi connectivity index (χ0v) is 13.1. The minimum absolute atomic E-state index is 0.520. The van der Waals surface area contributed by atoms with E-state index in [0.717, 1.165) is 31.0 Å². The highest BCUT2D eigenvalue weighted by Crippen LogP contribution is 2.05. The van der Waals surface area contributed by atoms with Crippen LogP contribution in [0.4, 0.5) is 0 Å². The third-order valence-corrected chi connectivity index (χ3v) is 3.30. The Labute approximate surface area is 130 Å². The van der Waals surface area contributed by atoms with E-state index in [-0.39, 0.29) is 0 Å². The average molecular weight is 306 g/mol. The van der Waals surface area contributed by atoms with E-state index in [1.807, 2.05) is 23.9 Å². The van der Waals surface area contributed by atoms with Crippen LogP contribution < -0.4 is 10.6 Å². The van der Waals surface area contributed by atoms with E-state index in [9.17, 15) is 0 Å². The van der Waals surface area contributed by atoms with Crippen LogP contribution in [0.2, 0.25) is 5.15 Å². The second kappa shape index (κ2) is 7.69. The van der Waals surface area contributed by atoms with E-state index in [2.05, 4.69) is 32.9 Å². The molecule has 0 atom stereocenters. The number of halogens is 1. The fourth-order valence-corrected chi connectivity index (χ4v) is 2.06. The van der Waals surface area contributed by atoms with Crippen molar-refractivity contribution < 1.29 is 0 Å². The van der Waals surface area contributed by atoms with Gasteiger partial charge in [0.05, 0.1) is 0 Å². The molecule has 0 aliphatic rings. The molecule has 0 fully saturated rings. The van der Waals surface area contributed by atoms with Crippen LogP contribution >= 0.6 is 11.6 Å². The largest absolute Gasteiger partial charge is 0.357 e. The molecule has 2 N–H and O–H groups in total. The Hall–Kier alpha value is -2.01. The fraction of sp³-hybridized carbons (Fsp3) is 0.333. The van der Waals surface area contributed by atoms with Gasteiger partial charge in [0.1, 0.15) is 5.15 Å². The molecule has 0 saturated heterocycles. The highest BCUT2D eigenvalue weighted by molar-refractivity contribution is 6.29. The zero-order chi connectivity index (χ0) is 15.1. The maximum atomic E-state index is 5.76. The van der Waals surface area contributed by atoms with Crippen molar-refractivity contribution in [2.24, 2.45) is 12.0 Å². The lowest BCUT2D eigenvalue weighted by Gasteiger charge is -2.11. The van der Waals surface area contributed by atoms with E-state index >= 15 is 0 Å². The minimum atomic E-state index is 0.520. The van der Waals surface area contributed by atoms with Gasteiger partial charge in [-0.1, -0.05) is 17.7 Å². The van der Waals surface area contributed by atoms with Gasteiger partial charge in [0.15, 0.2) is 5.96 Å². The lowest BCUT2D eigenvalue weighted by Crippen LogP contribution is -2.37. The molecule has 5 nitrogen and oxygen atoms in total. The van der Waals surface area contributed by atoms with Gasteiger partial charge in [-0.05, 0) is 29.7 Å². The number of hydrogen-bond acceptors (Lipinski definition) is 2. The van der Waals surface area contributed by atoms with Gasteiger partial charge >= 0.3 is 0 Å². The van der Waals surface area contributed by atoms with Gasteiger partial charge in [-0.15, -0.1) is 0 Å². The summed E-state index contributed by atoms with van der Waals surface area (Å²) in [4.78, 5) is 8.27. The maximum absolute atomic E-state index is 5.76. The fourth-order valence-electron chi connectivity index (χ4n) is 1.95. The SMILES string of the molecule is CN=C(NCCc1ccc(Cl)nc1)NCc1ccn(C)c1. The first-order valence-electron chi connectivity index (χ1n) is 6.83. The zero-order valence-electron chi connectivity index (χ0n) is 12.3. The highest BCUT2D eigenvalue weighted by Gasteiger charge is 2.00. The van der Waals surface area contributed by atoms with Gasteiger partial charge in [-0.2, -0.15) is 0 Å². The molecule has 112 valence electrons. The van der Waals surface area contributed by atoms with Gasteiger partial charge in [0.25, 0.3) is 0 Å². The first kappa shape index (κ1) is 15.4. The van der Waals surface area contributed by atoms with Gasteiger partial charge in [0.2, 0.25) is 0 Å². The van der Waals surface area contributed by atoms with Crippen LogP contribution in [0.1, 0.15) is 11.1 Å². The van der Waals surface area contributed by atoms with Crippen molar-refractivity contribution in [3.63, 3.8) is 0 Å². The smallest absolute Gasteiger partial charge is 0.191 e. The van der Waals surface area contributed by atoms with Crippen LogP contribution in [0.5, 0.6) is 0 Å². The van der Waals surface area contributed by atoms with Crippen LogP contribution in [0.15, 0.2) is 41.8 Å². The van der Waals surface area contributed by atoms with Gasteiger partial charge in [0, 0.05) is 45.8 Å². The van der Waals surface area contributed by atoms with Crippen molar-refractivity contribution in [3.05, 3.63) is 53.1 Å². The van der Waals surface area contributed by atoms with Crippen molar-refractivity contribution in [2.75, 3.05) is 13.6 Å². The maximum Gasteiger partial charge on any atom is 0.191 e. The number of hydrogen-bond donors (Lipinski definition) is 2. The molecule has 0 aromatic carbocycles. The number of aryl methyl sites for hydroxylation is 1. The number of nitrogens with zero attached hydrogens (tertiary/aromatic N) is 3. The molecule has 0 aliphatic carbocycles. The predicted molar refractivity (Wildman–Crippen MR) is 86.6 cm³/mol. The van der Waals surface area contributed by atoms with Crippen LogP contribution in [0.3, 0.4) is 0 Å². The number of aromatic nitrogens is 2. The Morgan fingerprint density at radius 1 is 1.29 bits per heavy atom. The van der Waals surface area contributed by atoms with Crippen molar-refractivity contribution in [2.45, 2.75) is 13.0 Å². The summed E-state index contributed by atoms with van der Waals surface area (Å²) in [5.41, 5.74) is 2.37. The topological polar surface area (TPSA) is 54.2 Å². The average Bonchev–Trinajstić information content (AvgIpc) is 2.90. The minimum Gasteiger partial charge on any atom is -0.357 e. The van der Waals surface area contributed by atoms with E-state index in [1.54, 1.807) is 19.3 Å². The molecule has 0 saturated carbocycles. The lowest BCUT2D eigenvalue weighted by molar-refractivity contribution is 0.791. The highest BCUT2D eigenvalue weighted by atomic mass is 35.5. The Balaban J connectivity index is 1.74. The summed E-state index contributed by atoms with van der Waals surface area (Å²) in [6, 6.07) is 5.87. The van der Waals surface area contributed by atoms with Crippen LogP contribution in [-0.4, -0.2) is 29.1 Å². The summed E-state index contributed by atoms with van der Waals surface area (Å²) < 4.78 is 2.03.